The molecule has 2 amide bonds. The Kier molecular flexibility index (Phi) is 8.68. The van der Waals surface area contributed by atoms with Crippen LogP contribution >= 0.6 is 15.9 Å². The zero-order valence-electron chi connectivity index (χ0n) is 24.4. The number of carbonyl (C=O) groups excluding carboxylic acids is 2. The van der Waals surface area contributed by atoms with Crippen LogP contribution in [-0.2, 0) is 22.6 Å². The predicted octanol–water partition coefficient (Wildman–Crippen LogP) is 5.76. The second-order valence-electron chi connectivity index (χ2n) is 12.3. The Morgan fingerprint density at radius 2 is 1.55 bits per heavy atom. The Balaban J connectivity index is 1.08. The van der Waals surface area contributed by atoms with Crippen molar-refractivity contribution in [1.82, 2.24) is 14.7 Å². The average molecular weight is 631 g/mol. The summed E-state index contributed by atoms with van der Waals surface area (Å²) in [7, 11) is 1.65. The Labute approximate surface area is 257 Å². The highest BCUT2D eigenvalue weighted by Crippen LogP contribution is 2.43. The van der Waals surface area contributed by atoms with Gasteiger partial charge in [0.05, 0.1) is 18.9 Å². The molecule has 3 aliphatic rings. The molecule has 0 bridgehead atoms. The number of rotatable bonds is 8. The van der Waals surface area contributed by atoms with E-state index in [0.717, 1.165) is 74.3 Å². The van der Waals surface area contributed by atoms with Crippen molar-refractivity contribution in [2.24, 2.45) is 11.3 Å². The molecule has 3 saturated heterocycles. The number of piperidine rings is 1. The first-order valence-corrected chi connectivity index (χ1v) is 15.9. The summed E-state index contributed by atoms with van der Waals surface area (Å²) in [6.07, 6.45) is 3.21. The van der Waals surface area contributed by atoms with E-state index in [9.17, 15) is 9.59 Å². The van der Waals surface area contributed by atoms with Crippen LogP contribution in [0.25, 0.3) is 0 Å². The van der Waals surface area contributed by atoms with E-state index in [0.29, 0.717) is 30.7 Å². The van der Waals surface area contributed by atoms with Gasteiger partial charge in [-0.3, -0.25) is 9.59 Å². The van der Waals surface area contributed by atoms with E-state index < -0.39 is 0 Å². The van der Waals surface area contributed by atoms with Crippen molar-refractivity contribution in [2.45, 2.75) is 38.1 Å². The SMILES string of the molecule is COc1ccc(CC(=O)N2CC(CN3CCC4(CC3)CCN(Cc3ccc(Br)cc3)C4=O)C(c3ccccc3)C2)cc1. The third-order valence-corrected chi connectivity index (χ3v) is 10.3. The van der Waals surface area contributed by atoms with Crippen LogP contribution in [0.5, 0.6) is 5.75 Å². The van der Waals surface area contributed by atoms with Crippen LogP contribution in [0.2, 0.25) is 0 Å². The molecule has 6 nitrogen and oxygen atoms in total. The van der Waals surface area contributed by atoms with Crippen LogP contribution in [0.15, 0.2) is 83.3 Å². The molecule has 3 heterocycles. The van der Waals surface area contributed by atoms with Crippen LogP contribution in [0.4, 0.5) is 0 Å². The van der Waals surface area contributed by atoms with Gasteiger partial charge in [0.25, 0.3) is 0 Å². The molecule has 42 heavy (non-hydrogen) atoms. The van der Waals surface area contributed by atoms with Gasteiger partial charge in [0.2, 0.25) is 11.8 Å². The van der Waals surface area contributed by atoms with Gasteiger partial charge in [-0.25, -0.2) is 0 Å². The normalized spacial score (nSPS) is 22.2. The van der Waals surface area contributed by atoms with Crippen LogP contribution < -0.4 is 4.74 Å². The average Bonchev–Trinajstić information content (AvgIpc) is 3.57. The molecule has 0 aliphatic carbocycles. The highest BCUT2D eigenvalue weighted by atomic mass is 79.9. The zero-order chi connectivity index (χ0) is 29.1. The molecule has 220 valence electrons. The highest BCUT2D eigenvalue weighted by molar-refractivity contribution is 9.10. The van der Waals surface area contributed by atoms with Crippen molar-refractivity contribution in [2.75, 3.05) is 46.4 Å². The van der Waals surface area contributed by atoms with Crippen molar-refractivity contribution < 1.29 is 14.3 Å². The van der Waals surface area contributed by atoms with Crippen molar-refractivity contribution in [3.05, 3.63) is 100 Å². The van der Waals surface area contributed by atoms with Gasteiger partial charge in [0.1, 0.15) is 5.75 Å². The fourth-order valence-corrected chi connectivity index (χ4v) is 7.44. The smallest absolute Gasteiger partial charge is 0.229 e. The van der Waals surface area contributed by atoms with E-state index in [1.54, 1.807) is 7.11 Å². The maximum Gasteiger partial charge on any atom is 0.229 e. The largest absolute Gasteiger partial charge is 0.497 e. The first-order chi connectivity index (χ1) is 20.4. The van der Waals surface area contributed by atoms with Gasteiger partial charge in [0, 0.05) is 43.1 Å². The van der Waals surface area contributed by atoms with E-state index in [1.807, 2.05) is 36.4 Å². The molecule has 0 aromatic heterocycles. The van der Waals surface area contributed by atoms with Crippen LogP contribution in [0.1, 0.15) is 41.9 Å². The van der Waals surface area contributed by atoms with E-state index in [2.05, 4.69) is 73.1 Å². The van der Waals surface area contributed by atoms with Crippen molar-refractivity contribution in [1.29, 1.82) is 0 Å². The minimum Gasteiger partial charge on any atom is -0.497 e. The third kappa shape index (κ3) is 6.28. The fraction of sp³-hybridized carbons (Fsp3) is 0.429. The quantitative estimate of drug-likeness (QED) is 0.318. The molecule has 3 aliphatic heterocycles. The van der Waals surface area contributed by atoms with Gasteiger partial charge in [0.15, 0.2) is 0 Å². The molecule has 0 saturated carbocycles. The number of methoxy groups -OCH3 is 1. The summed E-state index contributed by atoms with van der Waals surface area (Å²) >= 11 is 3.50. The number of benzene rings is 3. The number of likely N-dealkylation sites (tertiary alicyclic amines) is 3. The molecule has 1 spiro atoms. The van der Waals surface area contributed by atoms with E-state index in [4.69, 9.17) is 4.74 Å². The van der Waals surface area contributed by atoms with Gasteiger partial charge in [-0.2, -0.15) is 0 Å². The maximum atomic E-state index is 13.6. The van der Waals surface area contributed by atoms with E-state index in [1.165, 1.54) is 11.1 Å². The highest BCUT2D eigenvalue weighted by Gasteiger charge is 2.48. The minimum atomic E-state index is -0.208. The monoisotopic (exact) mass is 629 g/mol. The lowest BCUT2D eigenvalue weighted by Crippen LogP contribution is -2.46. The molecule has 2 unspecified atom stereocenters. The first kappa shape index (κ1) is 28.9. The number of nitrogens with zero attached hydrogens (tertiary/aromatic N) is 3. The summed E-state index contributed by atoms with van der Waals surface area (Å²) < 4.78 is 6.33. The fourth-order valence-electron chi connectivity index (χ4n) is 7.18. The maximum absolute atomic E-state index is 13.6. The van der Waals surface area contributed by atoms with Gasteiger partial charge < -0.3 is 19.4 Å². The second-order valence-corrected chi connectivity index (χ2v) is 13.2. The Hall–Kier alpha value is -3.16. The van der Waals surface area contributed by atoms with Crippen molar-refractivity contribution in [3.8, 4) is 5.75 Å². The molecule has 0 N–H and O–H groups in total. The van der Waals surface area contributed by atoms with Crippen LogP contribution in [0, 0.1) is 11.3 Å². The number of carbonyl (C=O) groups is 2. The van der Waals surface area contributed by atoms with Crippen LogP contribution in [0.3, 0.4) is 0 Å². The number of hydrogen-bond donors (Lipinski definition) is 0. The lowest BCUT2D eigenvalue weighted by atomic mass is 9.76. The Morgan fingerprint density at radius 1 is 0.881 bits per heavy atom. The molecule has 6 rings (SSSR count). The summed E-state index contributed by atoms with van der Waals surface area (Å²) in [5, 5.41) is 0. The molecule has 7 heteroatoms. The molecule has 3 aromatic rings. The number of halogens is 1. The summed E-state index contributed by atoms with van der Waals surface area (Å²) in [5.41, 5.74) is 3.30. The predicted molar refractivity (Wildman–Crippen MR) is 168 cm³/mol. The number of hydrogen-bond acceptors (Lipinski definition) is 4. The number of ether oxygens (including phenoxy) is 1. The standard InChI is InChI=1S/C35H40BrN3O3/c1-42-31-13-9-26(10-14-31)21-33(40)39-24-29(32(25-39)28-5-3-2-4-6-28)23-37-18-15-35(16-19-37)17-20-38(34(35)41)22-27-7-11-30(36)12-8-27/h2-14,29,32H,15-25H2,1H3. The topological polar surface area (TPSA) is 53.1 Å². The van der Waals surface area contributed by atoms with Gasteiger partial charge in [-0.1, -0.05) is 70.5 Å². The van der Waals surface area contributed by atoms with Crippen molar-refractivity contribution in [3.63, 3.8) is 0 Å². The van der Waals surface area contributed by atoms with Gasteiger partial charge in [-0.05, 0) is 79.2 Å². The number of amides is 2. The van der Waals surface area contributed by atoms with E-state index in [-0.39, 0.29) is 11.3 Å². The molecular formula is C35H40BrN3O3. The molecule has 2 atom stereocenters. The summed E-state index contributed by atoms with van der Waals surface area (Å²) in [6, 6.07) is 26.8. The summed E-state index contributed by atoms with van der Waals surface area (Å²) in [5.74, 6) is 2.01. The molecule has 3 aromatic carbocycles. The molecule has 3 fully saturated rings. The summed E-state index contributed by atoms with van der Waals surface area (Å²) in [6.45, 7) is 5.91. The van der Waals surface area contributed by atoms with Crippen molar-refractivity contribution >= 4 is 27.7 Å². The second kappa shape index (κ2) is 12.6. The van der Waals surface area contributed by atoms with Crippen LogP contribution in [-0.4, -0.2) is 72.9 Å². The molecule has 0 radical (unpaired) electrons. The van der Waals surface area contributed by atoms with E-state index >= 15 is 0 Å². The molecular weight excluding hydrogens is 590 g/mol. The van der Waals surface area contributed by atoms with Gasteiger partial charge in [-0.15, -0.1) is 0 Å². The zero-order valence-corrected chi connectivity index (χ0v) is 26.0. The minimum absolute atomic E-state index is 0.184. The Morgan fingerprint density at radius 3 is 2.24 bits per heavy atom. The van der Waals surface area contributed by atoms with Gasteiger partial charge >= 0.3 is 0 Å². The lowest BCUT2D eigenvalue weighted by Gasteiger charge is -2.39. The first-order valence-electron chi connectivity index (χ1n) is 15.1. The Bertz CT molecular complexity index is 1370. The third-order valence-electron chi connectivity index (χ3n) is 9.73. The summed E-state index contributed by atoms with van der Waals surface area (Å²) in [4.78, 5) is 33.7. The lowest BCUT2D eigenvalue weighted by molar-refractivity contribution is -0.139.